The Bertz CT molecular complexity index is 1410. The van der Waals surface area contributed by atoms with Crippen LogP contribution in [0, 0.1) is 6.92 Å². The molecule has 0 aliphatic heterocycles. The summed E-state index contributed by atoms with van der Waals surface area (Å²) in [6.45, 7) is 6.41. The zero-order valence-corrected chi connectivity index (χ0v) is 19.0. The van der Waals surface area contributed by atoms with Gasteiger partial charge in [0.15, 0.2) is 0 Å². The van der Waals surface area contributed by atoms with Crippen LogP contribution in [0.1, 0.15) is 42.9 Å². The van der Waals surface area contributed by atoms with Crippen molar-refractivity contribution in [1.82, 2.24) is 4.98 Å². The van der Waals surface area contributed by atoms with Crippen LogP contribution in [0.25, 0.3) is 42.2 Å². The van der Waals surface area contributed by atoms with Crippen molar-refractivity contribution in [3.05, 3.63) is 77.5 Å². The number of hydrogen-bond acceptors (Lipinski definition) is 2. The van der Waals surface area contributed by atoms with E-state index in [1.54, 1.807) is 0 Å². The fourth-order valence-electron chi connectivity index (χ4n) is 4.63. The van der Waals surface area contributed by atoms with Gasteiger partial charge >= 0.3 is 0 Å². The van der Waals surface area contributed by atoms with Crippen molar-refractivity contribution in [1.29, 1.82) is 0 Å². The Morgan fingerprint density at radius 2 is 1.74 bits per heavy atom. The summed E-state index contributed by atoms with van der Waals surface area (Å²) in [6.07, 6.45) is 3.31. The van der Waals surface area contributed by atoms with Crippen LogP contribution >= 0.6 is 11.3 Å². The highest BCUT2D eigenvalue weighted by Gasteiger charge is 2.16. The first-order valence-corrected chi connectivity index (χ1v) is 11.8. The van der Waals surface area contributed by atoms with Gasteiger partial charge in [-0.3, -0.25) is 9.37 Å². The van der Waals surface area contributed by atoms with Gasteiger partial charge in [-0.15, -0.1) is 11.3 Å². The Labute approximate surface area is 186 Å². The Kier molecular flexibility index (Phi) is 5.23. The summed E-state index contributed by atoms with van der Waals surface area (Å²) in [4.78, 5) is 4.84. The number of hydrogen-bond donors (Lipinski definition) is 0. The van der Waals surface area contributed by atoms with Gasteiger partial charge in [0.1, 0.15) is 0 Å². The van der Waals surface area contributed by atoms with Gasteiger partial charge in [0.2, 0.25) is 0 Å². The molecule has 0 aliphatic carbocycles. The molecule has 0 aliphatic rings. The van der Waals surface area contributed by atoms with Crippen molar-refractivity contribution < 1.29 is 4.39 Å². The van der Waals surface area contributed by atoms with Crippen LogP contribution in [-0.2, 0) is 6.42 Å². The van der Waals surface area contributed by atoms with Gasteiger partial charge in [-0.05, 0) is 71.3 Å². The molecule has 0 spiro atoms. The maximum absolute atomic E-state index is 12.7. The lowest BCUT2D eigenvalue weighted by molar-refractivity contribution is 0.473. The number of pyridine rings is 1. The summed E-state index contributed by atoms with van der Waals surface area (Å²) in [5.74, 6) is 0.437. The highest BCUT2D eigenvalue weighted by molar-refractivity contribution is 7.26. The molecule has 5 rings (SSSR count). The van der Waals surface area contributed by atoms with Crippen LogP contribution in [0.5, 0.6) is 0 Å². The predicted molar refractivity (Wildman–Crippen MR) is 133 cm³/mol. The van der Waals surface area contributed by atoms with Crippen LogP contribution in [0.2, 0.25) is 0 Å². The van der Waals surface area contributed by atoms with Crippen molar-refractivity contribution in [3.8, 4) is 11.3 Å². The molecule has 3 heteroatoms. The van der Waals surface area contributed by atoms with E-state index in [1.165, 1.54) is 53.2 Å². The van der Waals surface area contributed by atoms with Gasteiger partial charge in [0.25, 0.3) is 0 Å². The standard InChI is InChI=1S/C28H26FNS/c1-17(2)25-16-21(15-20-7-4-5-9-22(20)25)26-28-24(12-14-30-26)23-11-10-19(8-6-13-29)18(3)27(23)31-28/h4-5,7,9-12,14-17H,6,8,13H2,1-3H3. The number of aryl methyl sites for hydroxylation is 2. The zero-order chi connectivity index (χ0) is 21.5. The zero-order valence-electron chi connectivity index (χ0n) is 18.2. The smallest absolute Gasteiger partial charge is 0.0897 e. The number of alkyl halides is 1. The summed E-state index contributed by atoms with van der Waals surface area (Å²) in [6, 6.07) is 19.7. The van der Waals surface area contributed by atoms with E-state index in [-0.39, 0.29) is 6.67 Å². The predicted octanol–water partition coefficient (Wildman–Crippen LogP) is 8.60. The molecule has 0 saturated carbocycles. The third-order valence-electron chi connectivity index (χ3n) is 6.29. The van der Waals surface area contributed by atoms with Gasteiger partial charge in [0, 0.05) is 27.2 Å². The summed E-state index contributed by atoms with van der Waals surface area (Å²) >= 11 is 1.82. The second kappa shape index (κ2) is 8.05. The van der Waals surface area contributed by atoms with Crippen LogP contribution in [0.3, 0.4) is 0 Å². The normalized spacial score (nSPS) is 11.9. The van der Waals surface area contributed by atoms with E-state index in [4.69, 9.17) is 4.98 Å². The first-order chi connectivity index (χ1) is 15.1. The molecule has 0 radical (unpaired) electrons. The van der Waals surface area contributed by atoms with Crippen molar-refractivity contribution in [3.63, 3.8) is 0 Å². The molecular weight excluding hydrogens is 401 g/mol. The number of halogens is 1. The summed E-state index contributed by atoms with van der Waals surface area (Å²) < 4.78 is 15.3. The first-order valence-electron chi connectivity index (χ1n) is 11.0. The lowest BCUT2D eigenvalue weighted by atomic mass is 9.92. The number of aromatic nitrogens is 1. The Balaban J connectivity index is 1.76. The quantitative estimate of drug-likeness (QED) is 0.274. The number of fused-ring (bicyclic) bond motifs is 4. The van der Waals surface area contributed by atoms with E-state index < -0.39 is 0 Å². The molecule has 156 valence electrons. The van der Waals surface area contributed by atoms with E-state index >= 15 is 0 Å². The Hall–Kier alpha value is -2.78. The maximum atomic E-state index is 12.7. The number of nitrogens with zero attached hydrogens (tertiary/aromatic N) is 1. The highest BCUT2D eigenvalue weighted by atomic mass is 32.1. The van der Waals surface area contributed by atoms with Gasteiger partial charge in [0.05, 0.1) is 17.1 Å². The SMILES string of the molecule is Cc1c(CCCF)ccc2c1sc1c(-c3cc(C(C)C)c4ccccc4c3)nccc12. The van der Waals surface area contributed by atoms with Crippen LogP contribution in [0.4, 0.5) is 4.39 Å². The fraction of sp³-hybridized carbons (Fsp3) is 0.250. The second-order valence-electron chi connectivity index (χ2n) is 8.60. The molecule has 0 bridgehead atoms. The number of thiophene rings is 1. The van der Waals surface area contributed by atoms with Crippen LogP contribution in [0.15, 0.2) is 60.8 Å². The second-order valence-corrected chi connectivity index (χ2v) is 9.62. The molecular formula is C28H26FNS. The van der Waals surface area contributed by atoms with Gasteiger partial charge in [-0.25, -0.2) is 0 Å². The molecule has 0 unspecified atom stereocenters. The molecule has 0 N–H and O–H groups in total. The molecule has 5 aromatic rings. The van der Waals surface area contributed by atoms with Crippen LogP contribution < -0.4 is 0 Å². The average Bonchev–Trinajstić information content (AvgIpc) is 3.17. The monoisotopic (exact) mass is 427 g/mol. The van der Waals surface area contributed by atoms with Crippen molar-refractivity contribution in [2.45, 2.75) is 39.5 Å². The average molecular weight is 428 g/mol. The molecule has 0 atom stereocenters. The molecule has 31 heavy (non-hydrogen) atoms. The van der Waals surface area contributed by atoms with E-state index in [2.05, 4.69) is 75.4 Å². The van der Waals surface area contributed by atoms with E-state index in [0.29, 0.717) is 12.3 Å². The van der Waals surface area contributed by atoms with Crippen molar-refractivity contribution in [2.75, 3.05) is 6.67 Å². The molecule has 3 aromatic carbocycles. The molecule has 2 aromatic heterocycles. The van der Waals surface area contributed by atoms with Gasteiger partial charge < -0.3 is 0 Å². The minimum atomic E-state index is -0.266. The summed E-state index contributed by atoms with van der Waals surface area (Å²) in [7, 11) is 0. The largest absolute Gasteiger partial charge is 0.255 e. The summed E-state index contributed by atoms with van der Waals surface area (Å²) in [5.41, 5.74) is 6.11. The van der Waals surface area contributed by atoms with E-state index in [9.17, 15) is 4.39 Å². The van der Waals surface area contributed by atoms with Crippen molar-refractivity contribution in [2.24, 2.45) is 0 Å². The van der Waals surface area contributed by atoms with Crippen molar-refractivity contribution >= 4 is 42.3 Å². The minimum Gasteiger partial charge on any atom is -0.255 e. The fourth-order valence-corrected chi connectivity index (χ4v) is 5.96. The topological polar surface area (TPSA) is 12.9 Å². The third kappa shape index (κ3) is 3.41. The minimum absolute atomic E-state index is 0.266. The lowest BCUT2D eigenvalue weighted by Crippen LogP contribution is -1.92. The maximum Gasteiger partial charge on any atom is 0.0897 e. The Morgan fingerprint density at radius 1 is 0.935 bits per heavy atom. The lowest BCUT2D eigenvalue weighted by Gasteiger charge is -2.13. The summed E-state index contributed by atoms with van der Waals surface area (Å²) in [5, 5.41) is 5.10. The number of benzene rings is 3. The van der Waals surface area contributed by atoms with Gasteiger partial charge in [-0.1, -0.05) is 50.2 Å². The molecule has 2 heterocycles. The van der Waals surface area contributed by atoms with E-state index in [0.717, 1.165) is 12.1 Å². The van der Waals surface area contributed by atoms with Crippen LogP contribution in [-0.4, -0.2) is 11.7 Å². The molecule has 0 amide bonds. The Morgan fingerprint density at radius 3 is 2.55 bits per heavy atom. The molecule has 0 saturated heterocycles. The first kappa shape index (κ1) is 20.1. The van der Waals surface area contributed by atoms with E-state index in [1.807, 2.05) is 17.5 Å². The third-order valence-corrected chi connectivity index (χ3v) is 7.63. The van der Waals surface area contributed by atoms with Gasteiger partial charge in [-0.2, -0.15) is 0 Å². The molecule has 0 fully saturated rings. The highest BCUT2D eigenvalue weighted by Crippen LogP contribution is 2.42. The molecule has 1 nitrogen and oxygen atoms in total. The number of rotatable bonds is 5.